The van der Waals surface area contributed by atoms with Crippen LogP contribution in [0.2, 0.25) is 0 Å². The third kappa shape index (κ3) is 4.45. The summed E-state index contributed by atoms with van der Waals surface area (Å²) < 4.78 is 17.2. The van der Waals surface area contributed by atoms with Gasteiger partial charge in [-0.05, 0) is 40.2 Å². The summed E-state index contributed by atoms with van der Waals surface area (Å²) in [6.07, 6.45) is -0.779. The minimum Gasteiger partial charge on any atom is -0.465 e. The van der Waals surface area contributed by atoms with Gasteiger partial charge < -0.3 is 19.1 Å². The molecule has 4 atom stereocenters. The zero-order valence-corrected chi connectivity index (χ0v) is 20.9. The molecule has 0 aromatic heterocycles. The van der Waals surface area contributed by atoms with Crippen molar-refractivity contribution in [1.82, 2.24) is 4.90 Å². The number of hydrogen-bond donors (Lipinski definition) is 0. The van der Waals surface area contributed by atoms with Crippen LogP contribution in [0.25, 0.3) is 0 Å². The number of hydrogen-bond acceptors (Lipinski definition) is 6. The van der Waals surface area contributed by atoms with Crippen molar-refractivity contribution >= 4 is 17.8 Å². The lowest BCUT2D eigenvalue weighted by atomic mass is 9.68. The van der Waals surface area contributed by atoms with Gasteiger partial charge in [-0.3, -0.25) is 14.4 Å². The molecule has 2 aromatic rings. The van der Waals surface area contributed by atoms with E-state index in [1.165, 1.54) is 0 Å². The summed E-state index contributed by atoms with van der Waals surface area (Å²) in [5.74, 6) is -2.25. The van der Waals surface area contributed by atoms with Gasteiger partial charge in [0.05, 0.1) is 25.7 Å². The number of ether oxygens (including phenoxy) is 3. The summed E-state index contributed by atoms with van der Waals surface area (Å²) in [5, 5.41) is 0. The largest absolute Gasteiger partial charge is 0.465 e. The van der Waals surface area contributed by atoms with Crippen molar-refractivity contribution in [2.24, 2.45) is 5.92 Å². The standard InChI is InChI=1S/C28H33NO6/c1-6-33-26(32)28(20-14-12-18(2)13-15-20)21(16-23(30)35-27(3,4)5)22-17-34-24(29(22)25(28)31)19-10-8-7-9-11-19/h7-15,21-22,24H,6,16-17H2,1-5H3/t21-,22-,24-,28-/m1/s1. The fourth-order valence-electron chi connectivity index (χ4n) is 5.22. The van der Waals surface area contributed by atoms with Crippen molar-refractivity contribution in [3.8, 4) is 0 Å². The normalized spacial score (nSPS) is 25.9. The van der Waals surface area contributed by atoms with Crippen molar-refractivity contribution in [2.45, 2.75) is 64.3 Å². The van der Waals surface area contributed by atoms with Gasteiger partial charge in [-0.15, -0.1) is 0 Å². The molecule has 2 saturated heterocycles. The summed E-state index contributed by atoms with van der Waals surface area (Å²) >= 11 is 0. The SMILES string of the molecule is CCOC(=O)[C@@]1(c2ccc(C)cc2)C(=O)N2[C@@H](c3ccccc3)OC[C@@H]2[C@H]1CC(=O)OC(C)(C)C. The number of aryl methyl sites for hydroxylation is 1. The monoisotopic (exact) mass is 479 g/mol. The van der Waals surface area contributed by atoms with Crippen LogP contribution in [0.3, 0.4) is 0 Å². The molecule has 2 aliphatic rings. The van der Waals surface area contributed by atoms with Crippen LogP contribution in [0.5, 0.6) is 0 Å². The zero-order valence-electron chi connectivity index (χ0n) is 20.9. The van der Waals surface area contributed by atoms with E-state index >= 15 is 0 Å². The molecule has 2 fully saturated rings. The minimum absolute atomic E-state index is 0.113. The average Bonchev–Trinajstić information content (AvgIpc) is 3.33. The molecule has 0 aliphatic carbocycles. The molecule has 2 heterocycles. The number of fused-ring (bicyclic) bond motifs is 1. The Morgan fingerprint density at radius 1 is 1.09 bits per heavy atom. The lowest BCUT2D eigenvalue weighted by molar-refractivity contribution is -0.161. The number of benzene rings is 2. The second kappa shape index (κ2) is 9.46. The first-order chi connectivity index (χ1) is 16.6. The molecule has 0 saturated carbocycles. The van der Waals surface area contributed by atoms with E-state index in [1.54, 1.807) is 44.7 Å². The summed E-state index contributed by atoms with van der Waals surface area (Å²) in [5.41, 5.74) is -0.0615. The van der Waals surface area contributed by atoms with Crippen molar-refractivity contribution < 1.29 is 28.6 Å². The summed E-state index contributed by atoms with van der Waals surface area (Å²) in [4.78, 5) is 42.8. The van der Waals surface area contributed by atoms with E-state index in [0.29, 0.717) is 5.56 Å². The van der Waals surface area contributed by atoms with Crippen LogP contribution >= 0.6 is 0 Å². The van der Waals surface area contributed by atoms with Crippen LogP contribution < -0.4 is 0 Å². The van der Waals surface area contributed by atoms with E-state index in [-0.39, 0.29) is 19.6 Å². The van der Waals surface area contributed by atoms with Gasteiger partial charge in [0.1, 0.15) is 5.60 Å². The number of carbonyl (C=O) groups is 3. The van der Waals surface area contributed by atoms with Crippen LogP contribution in [0, 0.1) is 12.8 Å². The van der Waals surface area contributed by atoms with Gasteiger partial charge in [0.25, 0.3) is 0 Å². The van der Waals surface area contributed by atoms with Crippen LogP contribution in [0.15, 0.2) is 54.6 Å². The number of rotatable bonds is 6. The highest BCUT2D eigenvalue weighted by Gasteiger charge is 2.68. The summed E-state index contributed by atoms with van der Waals surface area (Å²) in [7, 11) is 0. The molecule has 1 amide bonds. The molecule has 186 valence electrons. The average molecular weight is 480 g/mol. The van der Waals surface area contributed by atoms with Crippen LogP contribution in [0.1, 0.15) is 57.0 Å². The molecular weight excluding hydrogens is 446 g/mol. The van der Waals surface area contributed by atoms with Gasteiger partial charge in [0, 0.05) is 11.5 Å². The number of carbonyl (C=O) groups excluding carboxylic acids is 3. The van der Waals surface area contributed by atoms with E-state index in [9.17, 15) is 14.4 Å². The number of amides is 1. The smallest absolute Gasteiger partial charge is 0.326 e. The van der Waals surface area contributed by atoms with Gasteiger partial charge in [0.2, 0.25) is 5.91 Å². The van der Waals surface area contributed by atoms with E-state index < -0.39 is 47.0 Å². The topological polar surface area (TPSA) is 82.1 Å². The fourth-order valence-corrected chi connectivity index (χ4v) is 5.22. The van der Waals surface area contributed by atoms with E-state index in [1.807, 2.05) is 49.4 Å². The Balaban J connectivity index is 1.86. The van der Waals surface area contributed by atoms with E-state index in [2.05, 4.69) is 0 Å². The second-order valence-electron chi connectivity index (χ2n) is 10.2. The highest BCUT2D eigenvalue weighted by Crippen LogP contribution is 2.52. The highest BCUT2D eigenvalue weighted by molar-refractivity contribution is 6.11. The molecule has 0 unspecified atom stereocenters. The lowest BCUT2D eigenvalue weighted by Gasteiger charge is -2.33. The second-order valence-corrected chi connectivity index (χ2v) is 10.2. The molecule has 7 heteroatoms. The predicted molar refractivity (Wildman–Crippen MR) is 129 cm³/mol. The molecular formula is C28H33NO6. The Morgan fingerprint density at radius 3 is 2.34 bits per heavy atom. The maximum Gasteiger partial charge on any atom is 0.326 e. The Labute approximate surface area is 206 Å². The van der Waals surface area contributed by atoms with E-state index in [0.717, 1.165) is 11.1 Å². The number of esters is 2. The van der Waals surface area contributed by atoms with Crippen LogP contribution in [-0.2, 0) is 34.0 Å². The fraction of sp³-hybridized carbons (Fsp3) is 0.464. The molecule has 2 aliphatic heterocycles. The Hall–Kier alpha value is -3.19. The molecule has 2 aromatic carbocycles. The Kier molecular flexibility index (Phi) is 6.73. The van der Waals surface area contributed by atoms with Crippen molar-refractivity contribution in [3.05, 3.63) is 71.3 Å². The molecule has 35 heavy (non-hydrogen) atoms. The van der Waals surface area contributed by atoms with Gasteiger partial charge in [-0.2, -0.15) is 0 Å². The quantitative estimate of drug-likeness (QED) is 0.459. The van der Waals surface area contributed by atoms with Crippen LogP contribution in [0.4, 0.5) is 0 Å². The zero-order chi connectivity index (χ0) is 25.4. The summed E-state index contributed by atoms with van der Waals surface area (Å²) in [6.45, 7) is 9.33. The number of nitrogens with zero attached hydrogens (tertiary/aromatic N) is 1. The molecule has 7 nitrogen and oxygen atoms in total. The molecule has 0 bridgehead atoms. The van der Waals surface area contributed by atoms with Gasteiger partial charge >= 0.3 is 11.9 Å². The first-order valence-corrected chi connectivity index (χ1v) is 12.0. The molecule has 0 N–H and O–H groups in total. The predicted octanol–water partition coefficient (Wildman–Crippen LogP) is 4.08. The van der Waals surface area contributed by atoms with Crippen molar-refractivity contribution in [2.75, 3.05) is 13.2 Å². The first kappa shape index (κ1) is 24.9. The third-order valence-corrected chi connectivity index (χ3v) is 6.62. The molecule has 4 rings (SSSR count). The third-order valence-electron chi connectivity index (χ3n) is 6.62. The molecule has 0 radical (unpaired) electrons. The van der Waals surface area contributed by atoms with Gasteiger partial charge in [-0.1, -0.05) is 60.2 Å². The van der Waals surface area contributed by atoms with Gasteiger partial charge in [-0.25, -0.2) is 0 Å². The molecule has 0 spiro atoms. The van der Waals surface area contributed by atoms with E-state index in [4.69, 9.17) is 14.2 Å². The van der Waals surface area contributed by atoms with Crippen LogP contribution in [-0.4, -0.2) is 47.6 Å². The Bertz CT molecular complexity index is 1090. The first-order valence-electron chi connectivity index (χ1n) is 12.0. The highest BCUT2D eigenvalue weighted by atomic mass is 16.6. The van der Waals surface area contributed by atoms with Gasteiger partial charge in [0.15, 0.2) is 11.6 Å². The lowest BCUT2D eigenvalue weighted by Crippen LogP contribution is -2.50. The maximum atomic E-state index is 14.4. The maximum absolute atomic E-state index is 14.4. The Morgan fingerprint density at radius 2 is 1.74 bits per heavy atom. The van der Waals surface area contributed by atoms with Crippen molar-refractivity contribution in [1.29, 1.82) is 0 Å². The summed E-state index contributed by atoms with van der Waals surface area (Å²) in [6, 6.07) is 16.2. The minimum atomic E-state index is -1.68. The van der Waals surface area contributed by atoms with Crippen molar-refractivity contribution in [3.63, 3.8) is 0 Å².